The summed E-state index contributed by atoms with van der Waals surface area (Å²) in [4.78, 5) is 11.3. The molecule has 0 amide bonds. The summed E-state index contributed by atoms with van der Waals surface area (Å²) in [5, 5.41) is 8.26. The van der Waals surface area contributed by atoms with Gasteiger partial charge in [-0.25, -0.2) is 8.78 Å². The first-order valence-corrected chi connectivity index (χ1v) is 3.32. The first-order valence-electron chi connectivity index (χ1n) is 3.32. The lowest BCUT2D eigenvalue weighted by atomic mass is 10.3. The highest BCUT2D eigenvalue weighted by atomic mass is 19.2. The minimum Gasteiger partial charge on any atom is -0.480 e. The number of carboxylic acids is 1. The van der Waals surface area contributed by atoms with Gasteiger partial charge in [0, 0.05) is 13.1 Å². The van der Waals surface area contributed by atoms with Crippen LogP contribution in [0, 0.1) is 0 Å². The fourth-order valence-electron chi connectivity index (χ4n) is 1.12. The molecule has 1 aliphatic heterocycles. The molecule has 1 fully saturated rings. The Morgan fingerprint density at radius 3 is 2.27 bits per heavy atom. The molecular formula is C6H9F2NO2. The lowest BCUT2D eigenvalue weighted by Gasteiger charge is -2.09. The van der Waals surface area contributed by atoms with E-state index in [0.29, 0.717) is 0 Å². The normalized spacial score (nSPS) is 32.5. The quantitative estimate of drug-likeness (QED) is 0.629. The summed E-state index contributed by atoms with van der Waals surface area (Å²) < 4.78 is 24.8. The summed E-state index contributed by atoms with van der Waals surface area (Å²) in [6, 6.07) is 0. The van der Waals surface area contributed by atoms with Crippen molar-refractivity contribution < 1.29 is 18.7 Å². The summed E-state index contributed by atoms with van der Waals surface area (Å²) in [5.41, 5.74) is 0. The van der Waals surface area contributed by atoms with Crippen molar-refractivity contribution in [3.8, 4) is 0 Å². The van der Waals surface area contributed by atoms with E-state index in [9.17, 15) is 13.6 Å². The minimum absolute atomic E-state index is 0.104. The smallest absolute Gasteiger partial charge is 0.317 e. The Kier molecular flexibility index (Phi) is 2.38. The molecule has 64 valence electrons. The number of hydrogen-bond acceptors (Lipinski definition) is 2. The molecule has 11 heavy (non-hydrogen) atoms. The van der Waals surface area contributed by atoms with Crippen LogP contribution in [0.4, 0.5) is 8.78 Å². The molecule has 0 saturated carbocycles. The molecule has 0 radical (unpaired) electrons. The van der Waals surface area contributed by atoms with Crippen LogP contribution in [0.2, 0.25) is 0 Å². The average molecular weight is 165 g/mol. The van der Waals surface area contributed by atoms with Gasteiger partial charge in [0.05, 0.1) is 6.54 Å². The maximum atomic E-state index is 12.4. The second-order valence-electron chi connectivity index (χ2n) is 2.62. The van der Waals surface area contributed by atoms with Crippen LogP contribution in [-0.4, -0.2) is 48.0 Å². The Balaban J connectivity index is 2.35. The molecule has 1 aliphatic rings. The van der Waals surface area contributed by atoms with Crippen LogP contribution >= 0.6 is 0 Å². The lowest BCUT2D eigenvalue weighted by molar-refractivity contribution is -0.138. The molecular weight excluding hydrogens is 156 g/mol. The van der Waals surface area contributed by atoms with Crippen LogP contribution in [0.15, 0.2) is 0 Å². The third-order valence-corrected chi connectivity index (χ3v) is 1.62. The van der Waals surface area contributed by atoms with Crippen LogP contribution in [-0.2, 0) is 4.79 Å². The molecule has 0 aromatic carbocycles. The Morgan fingerprint density at radius 1 is 1.45 bits per heavy atom. The molecule has 2 unspecified atom stereocenters. The van der Waals surface area contributed by atoms with Crippen LogP contribution in [0.3, 0.4) is 0 Å². The number of carboxylic acid groups (broad SMARTS) is 1. The standard InChI is InChI=1S/C6H9F2NO2/c7-4-1-9(2-5(4)8)3-6(10)11/h4-5H,1-3H2,(H,10,11). The number of halogens is 2. The van der Waals surface area contributed by atoms with E-state index in [1.54, 1.807) is 0 Å². The van der Waals surface area contributed by atoms with E-state index < -0.39 is 18.3 Å². The first-order chi connectivity index (χ1) is 5.09. The van der Waals surface area contributed by atoms with Crippen LogP contribution < -0.4 is 0 Å². The number of carbonyl (C=O) groups is 1. The van der Waals surface area contributed by atoms with Crippen LogP contribution in [0.5, 0.6) is 0 Å². The summed E-state index contributed by atoms with van der Waals surface area (Å²) in [6.07, 6.45) is -3.04. The molecule has 0 aliphatic carbocycles. The van der Waals surface area contributed by atoms with Gasteiger partial charge >= 0.3 is 5.97 Å². The van der Waals surface area contributed by atoms with E-state index in [2.05, 4.69) is 0 Å². The lowest BCUT2D eigenvalue weighted by Crippen LogP contribution is -2.27. The van der Waals surface area contributed by atoms with Crippen molar-refractivity contribution in [2.75, 3.05) is 19.6 Å². The van der Waals surface area contributed by atoms with Gasteiger partial charge in [-0.1, -0.05) is 0 Å². The maximum Gasteiger partial charge on any atom is 0.317 e. The van der Waals surface area contributed by atoms with Crippen molar-refractivity contribution in [1.82, 2.24) is 4.90 Å². The summed E-state index contributed by atoms with van der Waals surface area (Å²) in [6.45, 7) is -0.484. The first kappa shape index (κ1) is 8.39. The molecule has 0 bridgehead atoms. The summed E-state index contributed by atoms with van der Waals surface area (Å²) >= 11 is 0. The third-order valence-electron chi connectivity index (χ3n) is 1.62. The van der Waals surface area contributed by atoms with Gasteiger partial charge in [0.1, 0.15) is 12.3 Å². The van der Waals surface area contributed by atoms with Crippen molar-refractivity contribution >= 4 is 5.97 Å². The van der Waals surface area contributed by atoms with Crippen molar-refractivity contribution in [2.45, 2.75) is 12.3 Å². The van der Waals surface area contributed by atoms with E-state index in [4.69, 9.17) is 5.11 Å². The topological polar surface area (TPSA) is 40.5 Å². The van der Waals surface area contributed by atoms with Crippen LogP contribution in [0.25, 0.3) is 0 Å². The fraction of sp³-hybridized carbons (Fsp3) is 0.833. The number of alkyl halides is 2. The van der Waals surface area contributed by atoms with Gasteiger partial charge in [-0.05, 0) is 0 Å². The monoisotopic (exact) mass is 165 g/mol. The Bertz CT molecular complexity index is 155. The number of hydrogen-bond donors (Lipinski definition) is 1. The van der Waals surface area contributed by atoms with Crippen molar-refractivity contribution in [1.29, 1.82) is 0 Å². The Morgan fingerprint density at radius 2 is 1.91 bits per heavy atom. The molecule has 0 aromatic heterocycles. The zero-order valence-corrected chi connectivity index (χ0v) is 5.83. The highest BCUT2D eigenvalue weighted by Gasteiger charge is 2.33. The summed E-state index contributed by atoms with van der Waals surface area (Å²) in [5.74, 6) is -1.05. The molecule has 0 spiro atoms. The third kappa shape index (κ3) is 2.11. The van der Waals surface area contributed by atoms with Crippen molar-refractivity contribution in [3.63, 3.8) is 0 Å². The number of likely N-dealkylation sites (tertiary alicyclic amines) is 1. The van der Waals surface area contributed by atoms with Crippen molar-refractivity contribution in [2.24, 2.45) is 0 Å². The van der Waals surface area contributed by atoms with Gasteiger partial charge in [-0.2, -0.15) is 0 Å². The number of nitrogens with zero attached hydrogens (tertiary/aromatic N) is 1. The molecule has 1 heterocycles. The molecule has 1 rings (SSSR count). The highest BCUT2D eigenvalue weighted by Crippen LogP contribution is 2.15. The van der Waals surface area contributed by atoms with Gasteiger partial charge in [-0.15, -0.1) is 0 Å². The molecule has 1 N–H and O–H groups in total. The van der Waals surface area contributed by atoms with E-state index in [1.165, 1.54) is 4.90 Å². The van der Waals surface area contributed by atoms with Gasteiger partial charge in [0.15, 0.2) is 0 Å². The van der Waals surface area contributed by atoms with Crippen molar-refractivity contribution in [3.05, 3.63) is 0 Å². The highest BCUT2D eigenvalue weighted by molar-refractivity contribution is 5.69. The van der Waals surface area contributed by atoms with Gasteiger partial charge in [0.25, 0.3) is 0 Å². The second kappa shape index (κ2) is 3.13. The van der Waals surface area contributed by atoms with Gasteiger partial charge < -0.3 is 5.11 Å². The zero-order valence-electron chi connectivity index (χ0n) is 5.83. The van der Waals surface area contributed by atoms with E-state index in [0.717, 1.165) is 0 Å². The number of aliphatic carboxylic acids is 1. The molecule has 5 heteroatoms. The Hall–Kier alpha value is -0.710. The molecule has 1 saturated heterocycles. The Labute approximate surface area is 62.6 Å². The van der Waals surface area contributed by atoms with E-state index in [-0.39, 0.29) is 19.6 Å². The van der Waals surface area contributed by atoms with Gasteiger partial charge in [0.2, 0.25) is 0 Å². The largest absolute Gasteiger partial charge is 0.480 e. The molecule has 0 aromatic rings. The SMILES string of the molecule is O=C(O)CN1CC(F)C(F)C1. The fourth-order valence-corrected chi connectivity index (χ4v) is 1.12. The summed E-state index contributed by atoms with van der Waals surface area (Å²) in [7, 11) is 0. The molecule has 2 atom stereocenters. The average Bonchev–Trinajstić information content (AvgIpc) is 2.10. The van der Waals surface area contributed by atoms with Gasteiger partial charge in [-0.3, -0.25) is 9.69 Å². The second-order valence-corrected chi connectivity index (χ2v) is 2.62. The molecule has 3 nitrogen and oxygen atoms in total. The van der Waals surface area contributed by atoms with E-state index in [1.807, 2.05) is 0 Å². The zero-order chi connectivity index (χ0) is 8.43. The van der Waals surface area contributed by atoms with E-state index >= 15 is 0 Å². The van der Waals surface area contributed by atoms with Crippen LogP contribution in [0.1, 0.15) is 0 Å². The predicted octanol–water partition coefficient (Wildman–Crippen LogP) is 0.0628. The predicted molar refractivity (Wildman–Crippen MR) is 33.9 cm³/mol. The maximum absolute atomic E-state index is 12.4. The minimum atomic E-state index is -1.52. The number of rotatable bonds is 2.